The second-order valence-electron chi connectivity index (χ2n) is 2.59. The van der Waals surface area contributed by atoms with Crippen molar-refractivity contribution < 1.29 is 14.3 Å². The summed E-state index contributed by atoms with van der Waals surface area (Å²) in [6, 6.07) is 0. The van der Waals surface area contributed by atoms with Crippen LogP contribution in [0, 0.1) is 6.92 Å². The van der Waals surface area contributed by atoms with E-state index in [1.807, 2.05) is 0 Å². The van der Waals surface area contributed by atoms with Crippen molar-refractivity contribution in [3.05, 3.63) is 17.8 Å². The third-order valence-corrected chi connectivity index (χ3v) is 1.48. The highest BCUT2D eigenvalue weighted by Crippen LogP contribution is 2.06. The summed E-state index contributed by atoms with van der Waals surface area (Å²) in [7, 11) is 0. The maximum absolute atomic E-state index is 10.1. The van der Waals surface area contributed by atoms with Crippen LogP contribution in [0.25, 0.3) is 0 Å². The number of hydrogen-bond acceptors (Lipinski definition) is 3. The molecule has 0 unspecified atom stereocenters. The Morgan fingerprint density at radius 1 is 1.75 bits per heavy atom. The maximum atomic E-state index is 10.1. The van der Waals surface area contributed by atoms with Gasteiger partial charge in [-0.2, -0.15) is 0 Å². The summed E-state index contributed by atoms with van der Waals surface area (Å²) in [5.41, 5.74) is 0. The van der Waals surface area contributed by atoms with Gasteiger partial charge >= 0.3 is 5.97 Å². The molecule has 66 valence electrons. The van der Waals surface area contributed by atoms with Crippen molar-refractivity contribution >= 4 is 5.97 Å². The molecule has 0 radical (unpaired) electrons. The lowest BCUT2D eigenvalue weighted by Gasteiger charge is -1.92. The van der Waals surface area contributed by atoms with Crippen molar-refractivity contribution in [2.75, 3.05) is 0 Å². The maximum Gasteiger partial charge on any atom is 0.303 e. The van der Waals surface area contributed by atoms with E-state index in [1.165, 1.54) is 0 Å². The number of aromatic nitrogens is 1. The number of oxazole rings is 1. The molecule has 0 aliphatic heterocycles. The van der Waals surface area contributed by atoms with Gasteiger partial charge in [-0.15, -0.1) is 0 Å². The second-order valence-corrected chi connectivity index (χ2v) is 2.59. The highest BCUT2D eigenvalue weighted by molar-refractivity contribution is 5.66. The molecule has 0 saturated heterocycles. The molecule has 0 atom stereocenters. The Bertz CT molecular complexity index is 267. The first-order valence-electron chi connectivity index (χ1n) is 3.81. The average molecular weight is 169 g/mol. The van der Waals surface area contributed by atoms with Crippen molar-refractivity contribution in [2.45, 2.75) is 26.2 Å². The number of hydrogen-bond donors (Lipinski definition) is 1. The molecule has 0 saturated carbocycles. The van der Waals surface area contributed by atoms with Gasteiger partial charge in [-0.3, -0.25) is 4.79 Å². The molecule has 0 fully saturated rings. The third kappa shape index (κ3) is 2.74. The van der Waals surface area contributed by atoms with Crippen LogP contribution in [-0.4, -0.2) is 16.1 Å². The van der Waals surface area contributed by atoms with Crippen LogP contribution in [0.3, 0.4) is 0 Å². The largest absolute Gasteiger partial charge is 0.481 e. The number of carbonyl (C=O) groups is 1. The molecule has 1 N–H and O–H groups in total. The van der Waals surface area contributed by atoms with Crippen LogP contribution in [-0.2, 0) is 11.2 Å². The smallest absolute Gasteiger partial charge is 0.303 e. The van der Waals surface area contributed by atoms with Crippen molar-refractivity contribution in [1.29, 1.82) is 0 Å². The van der Waals surface area contributed by atoms with Crippen LogP contribution in [0.2, 0.25) is 0 Å². The van der Waals surface area contributed by atoms with E-state index in [0.29, 0.717) is 18.7 Å². The van der Waals surface area contributed by atoms with Crippen LogP contribution in [0.15, 0.2) is 10.6 Å². The molecule has 1 heterocycles. The lowest BCUT2D eigenvalue weighted by Crippen LogP contribution is -1.94. The monoisotopic (exact) mass is 169 g/mol. The molecule has 4 nitrogen and oxygen atoms in total. The molecular weight excluding hydrogens is 158 g/mol. The van der Waals surface area contributed by atoms with E-state index in [4.69, 9.17) is 9.52 Å². The van der Waals surface area contributed by atoms with Crippen LogP contribution in [0.4, 0.5) is 0 Å². The van der Waals surface area contributed by atoms with Gasteiger partial charge in [-0.25, -0.2) is 4.98 Å². The summed E-state index contributed by atoms with van der Waals surface area (Å²) in [5, 5.41) is 8.35. The van der Waals surface area contributed by atoms with E-state index in [1.54, 1.807) is 13.1 Å². The van der Waals surface area contributed by atoms with Gasteiger partial charge in [0, 0.05) is 19.8 Å². The highest BCUT2D eigenvalue weighted by Gasteiger charge is 2.01. The van der Waals surface area contributed by atoms with Gasteiger partial charge in [0.2, 0.25) is 0 Å². The molecule has 12 heavy (non-hydrogen) atoms. The molecule has 0 amide bonds. The van der Waals surface area contributed by atoms with Gasteiger partial charge in [-0.05, 0) is 6.42 Å². The van der Waals surface area contributed by atoms with Gasteiger partial charge in [0.25, 0.3) is 0 Å². The number of carboxylic acid groups (broad SMARTS) is 1. The number of aliphatic carboxylic acids is 1. The summed E-state index contributed by atoms with van der Waals surface area (Å²) in [6.07, 6.45) is 3.06. The second kappa shape index (κ2) is 3.90. The molecule has 0 aliphatic carbocycles. The van der Waals surface area contributed by atoms with Crippen molar-refractivity contribution in [3.8, 4) is 0 Å². The van der Waals surface area contributed by atoms with E-state index in [9.17, 15) is 4.79 Å². The first-order valence-corrected chi connectivity index (χ1v) is 3.81. The van der Waals surface area contributed by atoms with E-state index < -0.39 is 5.97 Å². The van der Waals surface area contributed by atoms with E-state index in [0.717, 1.165) is 5.76 Å². The van der Waals surface area contributed by atoms with Crippen LogP contribution >= 0.6 is 0 Å². The summed E-state index contributed by atoms with van der Waals surface area (Å²) in [5.74, 6) is 0.611. The molecule has 1 aromatic heterocycles. The van der Waals surface area contributed by atoms with Crippen LogP contribution in [0.1, 0.15) is 24.5 Å². The standard InChI is InChI=1S/C8H11NO3/c1-6-9-5-7(12-6)3-2-4-8(10)11/h5H,2-4H2,1H3,(H,10,11). The molecular formula is C8H11NO3. The zero-order chi connectivity index (χ0) is 8.97. The Balaban J connectivity index is 2.29. The number of nitrogens with zero attached hydrogens (tertiary/aromatic N) is 1. The number of rotatable bonds is 4. The summed E-state index contributed by atoms with van der Waals surface area (Å²) in [6.45, 7) is 1.76. The van der Waals surface area contributed by atoms with E-state index in [2.05, 4.69) is 4.98 Å². The predicted octanol–water partition coefficient (Wildman–Crippen LogP) is 1.39. The SMILES string of the molecule is Cc1ncc(CCCC(=O)O)o1. The topological polar surface area (TPSA) is 63.3 Å². The minimum Gasteiger partial charge on any atom is -0.481 e. The fourth-order valence-electron chi connectivity index (χ4n) is 0.935. The molecule has 0 spiro atoms. The van der Waals surface area contributed by atoms with Gasteiger partial charge in [-0.1, -0.05) is 0 Å². The van der Waals surface area contributed by atoms with Gasteiger partial charge in [0.1, 0.15) is 5.76 Å². The summed E-state index contributed by atoms with van der Waals surface area (Å²) < 4.78 is 5.16. The molecule has 0 aliphatic rings. The van der Waals surface area contributed by atoms with Crippen molar-refractivity contribution in [3.63, 3.8) is 0 Å². The van der Waals surface area contributed by atoms with E-state index >= 15 is 0 Å². The zero-order valence-electron chi connectivity index (χ0n) is 6.91. The minimum absolute atomic E-state index is 0.180. The first kappa shape index (κ1) is 8.77. The van der Waals surface area contributed by atoms with Gasteiger partial charge < -0.3 is 9.52 Å². The Hall–Kier alpha value is -1.32. The molecule has 1 rings (SSSR count). The fraction of sp³-hybridized carbons (Fsp3) is 0.500. The highest BCUT2D eigenvalue weighted by atomic mass is 16.4. The third-order valence-electron chi connectivity index (χ3n) is 1.48. The Morgan fingerprint density at radius 2 is 2.50 bits per heavy atom. The molecule has 4 heteroatoms. The lowest BCUT2D eigenvalue weighted by molar-refractivity contribution is -0.137. The summed E-state index contributed by atoms with van der Waals surface area (Å²) in [4.78, 5) is 14.0. The van der Waals surface area contributed by atoms with Crippen molar-refractivity contribution in [2.24, 2.45) is 0 Å². The van der Waals surface area contributed by atoms with Crippen LogP contribution in [0.5, 0.6) is 0 Å². The van der Waals surface area contributed by atoms with Gasteiger partial charge in [0.05, 0.1) is 6.20 Å². The van der Waals surface area contributed by atoms with Gasteiger partial charge in [0.15, 0.2) is 5.89 Å². The first-order chi connectivity index (χ1) is 5.68. The lowest BCUT2D eigenvalue weighted by atomic mass is 10.2. The average Bonchev–Trinajstić information content (AvgIpc) is 2.35. The Labute approximate surface area is 70.2 Å². The number of aryl methyl sites for hydroxylation is 2. The molecule has 0 aromatic carbocycles. The Kier molecular flexibility index (Phi) is 2.85. The zero-order valence-corrected chi connectivity index (χ0v) is 6.91. The Morgan fingerprint density at radius 3 is 3.00 bits per heavy atom. The summed E-state index contributed by atoms with van der Waals surface area (Å²) >= 11 is 0. The predicted molar refractivity (Wildman–Crippen MR) is 41.8 cm³/mol. The molecule has 0 bridgehead atoms. The number of carboxylic acids is 1. The molecule has 1 aromatic rings. The van der Waals surface area contributed by atoms with E-state index in [-0.39, 0.29) is 6.42 Å². The normalized spacial score (nSPS) is 10.1. The quantitative estimate of drug-likeness (QED) is 0.739. The van der Waals surface area contributed by atoms with Crippen molar-refractivity contribution in [1.82, 2.24) is 4.98 Å². The van der Waals surface area contributed by atoms with Crippen LogP contribution < -0.4 is 0 Å². The minimum atomic E-state index is -0.772. The fourth-order valence-corrected chi connectivity index (χ4v) is 0.935.